The summed E-state index contributed by atoms with van der Waals surface area (Å²) in [5, 5.41) is 9.23. The molecule has 0 saturated carbocycles. The Morgan fingerprint density at radius 3 is 2.71 bits per heavy atom. The molecule has 3 rings (SSSR count). The Morgan fingerprint density at radius 1 is 1.14 bits per heavy atom. The summed E-state index contributed by atoms with van der Waals surface area (Å²) in [4.78, 5) is 4.61. The third-order valence-electron chi connectivity index (χ3n) is 3.47. The molecule has 0 amide bonds. The summed E-state index contributed by atoms with van der Waals surface area (Å²) in [6.45, 7) is 1.06. The molecule has 0 saturated heterocycles. The molecule has 104 valence electrons. The highest BCUT2D eigenvalue weighted by Crippen LogP contribution is 2.19. The number of hydrogen-bond donors (Lipinski definition) is 0. The van der Waals surface area contributed by atoms with Crippen LogP contribution in [0.3, 0.4) is 0 Å². The minimum atomic E-state index is 0.448. The zero-order valence-corrected chi connectivity index (χ0v) is 11.8. The van der Waals surface area contributed by atoms with Crippen molar-refractivity contribution in [2.75, 3.05) is 7.11 Å². The van der Waals surface area contributed by atoms with Crippen LogP contribution in [-0.2, 0) is 17.9 Å². The Kier molecular flexibility index (Phi) is 3.67. The first-order valence-electron chi connectivity index (χ1n) is 6.74. The maximum Gasteiger partial charge on any atom is 0.136 e. The molecule has 0 atom stereocenters. The van der Waals surface area contributed by atoms with Gasteiger partial charge in [0.1, 0.15) is 12.4 Å². The zero-order valence-electron chi connectivity index (χ0n) is 11.8. The van der Waals surface area contributed by atoms with Gasteiger partial charge < -0.3 is 9.30 Å². The number of benzene rings is 2. The Balaban J connectivity index is 2.11. The minimum absolute atomic E-state index is 0.448. The molecule has 0 aliphatic carbocycles. The summed E-state index contributed by atoms with van der Waals surface area (Å²) in [5.74, 6) is 0.867. The number of nitrogens with zero attached hydrogens (tertiary/aromatic N) is 3. The second kappa shape index (κ2) is 5.78. The molecule has 2 aromatic carbocycles. The predicted octanol–water partition coefficient (Wildman–Crippen LogP) is 3.10. The van der Waals surface area contributed by atoms with Gasteiger partial charge in [-0.1, -0.05) is 30.3 Å². The van der Waals surface area contributed by atoms with E-state index in [0.717, 1.165) is 22.4 Å². The molecular weight excluding hydrogens is 262 g/mol. The number of para-hydroxylation sites is 2. The van der Waals surface area contributed by atoms with Crippen molar-refractivity contribution in [1.82, 2.24) is 9.55 Å². The van der Waals surface area contributed by atoms with Crippen LogP contribution in [0.5, 0.6) is 0 Å². The van der Waals surface area contributed by atoms with Crippen LogP contribution in [0.25, 0.3) is 11.0 Å². The number of nitriles is 1. The van der Waals surface area contributed by atoms with Gasteiger partial charge in [-0.25, -0.2) is 4.98 Å². The Hall–Kier alpha value is -2.64. The molecule has 0 aliphatic heterocycles. The lowest BCUT2D eigenvalue weighted by atomic mass is 10.1. The molecule has 0 unspecified atom stereocenters. The standard InChI is InChI=1S/C17H15N3O/c1-21-12-17-19-15-8-4-5-9-16(15)20(17)11-14-7-3-2-6-13(14)10-18/h2-9H,11-12H2,1H3. The van der Waals surface area contributed by atoms with Crippen molar-refractivity contribution in [3.63, 3.8) is 0 Å². The average Bonchev–Trinajstić information content (AvgIpc) is 2.86. The summed E-state index contributed by atoms with van der Waals surface area (Å²) in [6, 6.07) is 17.9. The molecule has 1 heterocycles. The normalized spacial score (nSPS) is 10.7. The fraction of sp³-hybridized carbons (Fsp3) is 0.176. The van der Waals surface area contributed by atoms with Crippen molar-refractivity contribution in [1.29, 1.82) is 5.26 Å². The van der Waals surface area contributed by atoms with E-state index in [1.165, 1.54) is 0 Å². The number of rotatable bonds is 4. The number of imidazole rings is 1. The quantitative estimate of drug-likeness (QED) is 0.736. The van der Waals surface area contributed by atoms with Gasteiger partial charge >= 0.3 is 0 Å². The monoisotopic (exact) mass is 277 g/mol. The maximum absolute atomic E-state index is 9.23. The molecule has 1 aromatic heterocycles. The lowest BCUT2D eigenvalue weighted by Crippen LogP contribution is -2.07. The van der Waals surface area contributed by atoms with Crippen LogP contribution < -0.4 is 0 Å². The van der Waals surface area contributed by atoms with Crippen molar-refractivity contribution in [3.05, 3.63) is 65.5 Å². The van der Waals surface area contributed by atoms with E-state index in [-0.39, 0.29) is 0 Å². The third-order valence-corrected chi connectivity index (χ3v) is 3.47. The number of hydrogen-bond acceptors (Lipinski definition) is 3. The van der Waals surface area contributed by atoms with E-state index < -0.39 is 0 Å². The zero-order chi connectivity index (χ0) is 14.7. The van der Waals surface area contributed by atoms with Gasteiger partial charge in [0.15, 0.2) is 0 Å². The first kappa shape index (κ1) is 13.3. The van der Waals surface area contributed by atoms with Gasteiger partial charge in [-0.2, -0.15) is 5.26 Å². The Labute approximate surface area is 123 Å². The van der Waals surface area contributed by atoms with Crippen LogP contribution >= 0.6 is 0 Å². The van der Waals surface area contributed by atoms with Crippen LogP contribution in [0.2, 0.25) is 0 Å². The molecule has 0 fully saturated rings. The second-order valence-corrected chi connectivity index (χ2v) is 4.80. The maximum atomic E-state index is 9.23. The first-order chi connectivity index (χ1) is 10.3. The molecule has 4 heteroatoms. The van der Waals surface area contributed by atoms with Crippen molar-refractivity contribution in [2.45, 2.75) is 13.2 Å². The highest BCUT2D eigenvalue weighted by molar-refractivity contribution is 5.76. The summed E-state index contributed by atoms with van der Waals surface area (Å²) in [5.41, 5.74) is 3.68. The highest BCUT2D eigenvalue weighted by atomic mass is 16.5. The van der Waals surface area contributed by atoms with Gasteiger partial charge in [0.05, 0.1) is 29.2 Å². The lowest BCUT2D eigenvalue weighted by molar-refractivity contribution is 0.175. The van der Waals surface area contributed by atoms with E-state index >= 15 is 0 Å². The van der Waals surface area contributed by atoms with E-state index in [1.807, 2.05) is 48.5 Å². The third kappa shape index (κ3) is 2.51. The molecule has 4 nitrogen and oxygen atoms in total. The van der Waals surface area contributed by atoms with E-state index in [1.54, 1.807) is 7.11 Å². The topological polar surface area (TPSA) is 50.8 Å². The van der Waals surface area contributed by atoms with Crippen molar-refractivity contribution in [3.8, 4) is 6.07 Å². The molecule has 0 radical (unpaired) electrons. The largest absolute Gasteiger partial charge is 0.377 e. The average molecular weight is 277 g/mol. The van der Waals surface area contributed by atoms with Crippen LogP contribution in [0, 0.1) is 11.3 Å². The van der Waals surface area contributed by atoms with Crippen LogP contribution in [0.1, 0.15) is 17.0 Å². The number of aromatic nitrogens is 2. The Bertz CT molecular complexity index is 814. The van der Waals surface area contributed by atoms with Gasteiger partial charge in [0.25, 0.3) is 0 Å². The van der Waals surface area contributed by atoms with Gasteiger partial charge in [-0.15, -0.1) is 0 Å². The Morgan fingerprint density at radius 2 is 1.90 bits per heavy atom. The predicted molar refractivity (Wildman–Crippen MR) is 80.7 cm³/mol. The van der Waals surface area contributed by atoms with Gasteiger partial charge in [-0.3, -0.25) is 0 Å². The number of fused-ring (bicyclic) bond motifs is 1. The van der Waals surface area contributed by atoms with Crippen molar-refractivity contribution >= 4 is 11.0 Å². The first-order valence-corrected chi connectivity index (χ1v) is 6.74. The van der Waals surface area contributed by atoms with Crippen molar-refractivity contribution < 1.29 is 4.74 Å². The van der Waals surface area contributed by atoms with Gasteiger partial charge in [0, 0.05) is 7.11 Å². The van der Waals surface area contributed by atoms with Crippen LogP contribution in [0.4, 0.5) is 0 Å². The smallest absolute Gasteiger partial charge is 0.136 e. The molecule has 21 heavy (non-hydrogen) atoms. The van der Waals surface area contributed by atoms with Crippen LogP contribution in [0.15, 0.2) is 48.5 Å². The fourth-order valence-corrected chi connectivity index (χ4v) is 2.48. The SMILES string of the molecule is COCc1nc2ccccc2n1Cc1ccccc1C#N. The summed E-state index contributed by atoms with van der Waals surface area (Å²) in [7, 11) is 1.66. The summed E-state index contributed by atoms with van der Waals surface area (Å²) in [6.07, 6.45) is 0. The van der Waals surface area contributed by atoms with E-state index in [0.29, 0.717) is 18.7 Å². The van der Waals surface area contributed by atoms with E-state index in [9.17, 15) is 5.26 Å². The highest BCUT2D eigenvalue weighted by Gasteiger charge is 2.12. The molecule has 0 N–H and O–H groups in total. The lowest BCUT2D eigenvalue weighted by Gasteiger charge is -2.10. The van der Waals surface area contributed by atoms with E-state index in [2.05, 4.69) is 15.6 Å². The molecule has 3 aromatic rings. The minimum Gasteiger partial charge on any atom is -0.377 e. The van der Waals surface area contributed by atoms with Crippen molar-refractivity contribution in [2.24, 2.45) is 0 Å². The number of methoxy groups -OCH3 is 1. The second-order valence-electron chi connectivity index (χ2n) is 4.80. The summed E-state index contributed by atoms with van der Waals surface area (Å²) < 4.78 is 7.35. The van der Waals surface area contributed by atoms with E-state index in [4.69, 9.17) is 4.74 Å². The van der Waals surface area contributed by atoms with Gasteiger partial charge in [0.2, 0.25) is 0 Å². The number of ether oxygens (including phenoxy) is 1. The molecule has 0 aliphatic rings. The molecular formula is C17H15N3O. The van der Waals surface area contributed by atoms with Gasteiger partial charge in [-0.05, 0) is 23.8 Å². The van der Waals surface area contributed by atoms with Crippen LogP contribution in [-0.4, -0.2) is 16.7 Å². The summed E-state index contributed by atoms with van der Waals surface area (Å²) >= 11 is 0. The molecule has 0 spiro atoms. The molecule has 0 bridgehead atoms. The fourth-order valence-electron chi connectivity index (χ4n) is 2.48.